The average molecular weight is 289 g/mol. The molecule has 1 aliphatic heterocycles. The summed E-state index contributed by atoms with van der Waals surface area (Å²) in [5, 5.41) is 2.89. The van der Waals surface area contributed by atoms with Crippen molar-refractivity contribution in [3.8, 4) is 0 Å². The smallest absolute Gasteiger partial charge is 0.371 e. The van der Waals surface area contributed by atoms with Crippen LogP contribution in [0, 0.1) is 0 Å². The van der Waals surface area contributed by atoms with E-state index in [9.17, 15) is 13.2 Å². The molecule has 0 bridgehead atoms. The molecular weight excluding hydrogens is 271 g/mol. The molecule has 2 rings (SSSR count). The second kappa shape index (κ2) is 6.05. The van der Waals surface area contributed by atoms with Crippen molar-refractivity contribution in [3.63, 3.8) is 0 Å². The normalized spacial score (nSPS) is 16.2. The number of ether oxygens (including phenoxy) is 1. The van der Waals surface area contributed by atoms with Crippen LogP contribution < -0.4 is 5.32 Å². The summed E-state index contributed by atoms with van der Waals surface area (Å²) in [6, 6.07) is 0. The summed E-state index contributed by atoms with van der Waals surface area (Å²) in [6.45, 7) is 4.69. The molecule has 1 atom stereocenters. The lowest BCUT2D eigenvalue weighted by molar-refractivity contribution is -0.142. The maximum Gasteiger partial charge on any atom is 0.433 e. The summed E-state index contributed by atoms with van der Waals surface area (Å²) < 4.78 is 44.8. The number of fused-ring (bicyclic) bond motifs is 1. The van der Waals surface area contributed by atoms with E-state index in [1.54, 1.807) is 0 Å². The van der Waals surface area contributed by atoms with Crippen LogP contribution in [0.5, 0.6) is 0 Å². The zero-order chi connectivity index (χ0) is 14.8. The molecule has 0 saturated carbocycles. The van der Waals surface area contributed by atoms with Crippen LogP contribution in [-0.4, -0.2) is 16.6 Å². The SMILES string of the molecule is CCCC(OCC)c1nc2c(c(C(F)(F)F)n1)CNC2. The van der Waals surface area contributed by atoms with Crippen molar-refractivity contribution in [1.82, 2.24) is 15.3 Å². The molecule has 20 heavy (non-hydrogen) atoms. The minimum Gasteiger partial charge on any atom is -0.371 e. The Morgan fingerprint density at radius 3 is 2.60 bits per heavy atom. The Balaban J connectivity index is 2.44. The van der Waals surface area contributed by atoms with Gasteiger partial charge in [0.2, 0.25) is 0 Å². The molecule has 1 aliphatic rings. The summed E-state index contributed by atoms with van der Waals surface area (Å²) in [4.78, 5) is 8.02. The first-order valence-corrected chi connectivity index (χ1v) is 6.76. The van der Waals surface area contributed by atoms with Crippen LogP contribution in [0.3, 0.4) is 0 Å². The van der Waals surface area contributed by atoms with Crippen LogP contribution in [0.25, 0.3) is 0 Å². The van der Waals surface area contributed by atoms with E-state index in [2.05, 4.69) is 15.3 Å². The third-order valence-corrected chi connectivity index (χ3v) is 3.18. The van der Waals surface area contributed by atoms with Crippen LogP contribution in [0.15, 0.2) is 0 Å². The standard InChI is InChI=1S/C13H18F3N3O/c1-3-5-10(20-4-2)12-18-9-7-17-6-8(9)11(19-12)13(14,15)16/h10,17H,3-7H2,1-2H3. The predicted molar refractivity (Wildman–Crippen MR) is 66.9 cm³/mol. The van der Waals surface area contributed by atoms with Crippen molar-refractivity contribution in [3.05, 3.63) is 22.8 Å². The maximum atomic E-state index is 13.1. The molecule has 0 fully saturated rings. The Morgan fingerprint density at radius 2 is 2.00 bits per heavy atom. The predicted octanol–water partition coefficient (Wildman–Crippen LogP) is 2.98. The van der Waals surface area contributed by atoms with Crippen molar-refractivity contribution < 1.29 is 17.9 Å². The maximum absolute atomic E-state index is 13.1. The second-order valence-electron chi connectivity index (χ2n) is 4.69. The van der Waals surface area contributed by atoms with E-state index >= 15 is 0 Å². The Morgan fingerprint density at radius 1 is 1.25 bits per heavy atom. The number of nitrogens with one attached hydrogen (secondary N) is 1. The van der Waals surface area contributed by atoms with Gasteiger partial charge in [0.05, 0.1) is 5.69 Å². The lowest BCUT2D eigenvalue weighted by Gasteiger charge is -2.18. The highest BCUT2D eigenvalue weighted by molar-refractivity contribution is 5.31. The van der Waals surface area contributed by atoms with E-state index < -0.39 is 18.0 Å². The van der Waals surface area contributed by atoms with Crippen molar-refractivity contribution >= 4 is 0 Å². The van der Waals surface area contributed by atoms with Crippen LogP contribution >= 0.6 is 0 Å². The molecule has 0 radical (unpaired) electrons. The zero-order valence-electron chi connectivity index (χ0n) is 11.5. The van der Waals surface area contributed by atoms with Gasteiger partial charge in [-0.05, 0) is 13.3 Å². The molecule has 1 aromatic rings. The van der Waals surface area contributed by atoms with Crippen LogP contribution in [0.1, 0.15) is 55.6 Å². The van der Waals surface area contributed by atoms with Gasteiger partial charge in [-0.1, -0.05) is 13.3 Å². The minimum absolute atomic E-state index is 0.142. The van der Waals surface area contributed by atoms with Crippen molar-refractivity contribution in [2.45, 2.75) is 52.1 Å². The molecule has 0 aliphatic carbocycles. The van der Waals surface area contributed by atoms with E-state index in [4.69, 9.17) is 4.74 Å². The number of alkyl halides is 3. The molecule has 112 valence electrons. The van der Waals surface area contributed by atoms with Gasteiger partial charge < -0.3 is 10.1 Å². The highest BCUT2D eigenvalue weighted by Gasteiger charge is 2.39. The second-order valence-corrected chi connectivity index (χ2v) is 4.69. The summed E-state index contributed by atoms with van der Waals surface area (Å²) in [5.41, 5.74) is -0.237. The summed E-state index contributed by atoms with van der Waals surface area (Å²) in [6.07, 6.45) is -3.53. The number of hydrogen-bond acceptors (Lipinski definition) is 4. The minimum atomic E-state index is -4.46. The van der Waals surface area contributed by atoms with Crippen LogP contribution in [0.4, 0.5) is 13.2 Å². The van der Waals surface area contributed by atoms with Gasteiger partial charge in [0.15, 0.2) is 11.5 Å². The fraction of sp³-hybridized carbons (Fsp3) is 0.692. The quantitative estimate of drug-likeness (QED) is 0.905. The third-order valence-electron chi connectivity index (χ3n) is 3.18. The van der Waals surface area contributed by atoms with Gasteiger partial charge in [-0.2, -0.15) is 13.2 Å². The number of hydrogen-bond donors (Lipinski definition) is 1. The number of halogens is 3. The zero-order valence-corrected chi connectivity index (χ0v) is 11.5. The van der Waals surface area contributed by atoms with Gasteiger partial charge in [-0.3, -0.25) is 0 Å². The van der Waals surface area contributed by atoms with Gasteiger partial charge in [0, 0.05) is 25.3 Å². The molecule has 1 unspecified atom stereocenters. The molecule has 0 amide bonds. The Hall–Kier alpha value is -1.21. The lowest BCUT2D eigenvalue weighted by Crippen LogP contribution is -2.18. The first kappa shape index (κ1) is 15.2. The van der Waals surface area contributed by atoms with Gasteiger partial charge in [-0.25, -0.2) is 9.97 Å². The molecule has 0 spiro atoms. The van der Waals surface area contributed by atoms with Crippen LogP contribution in [-0.2, 0) is 24.0 Å². The van der Waals surface area contributed by atoms with E-state index in [0.717, 1.165) is 6.42 Å². The van der Waals surface area contributed by atoms with Crippen LogP contribution in [0.2, 0.25) is 0 Å². The molecule has 2 heterocycles. The van der Waals surface area contributed by atoms with Gasteiger partial charge in [0.1, 0.15) is 6.10 Å². The first-order valence-electron chi connectivity index (χ1n) is 6.76. The third kappa shape index (κ3) is 3.09. The number of rotatable bonds is 5. The van der Waals surface area contributed by atoms with Gasteiger partial charge in [-0.15, -0.1) is 0 Å². The Kier molecular flexibility index (Phi) is 4.59. The van der Waals surface area contributed by atoms with Gasteiger partial charge >= 0.3 is 6.18 Å². The average Bonchev–Trinajstić information content (AvgIpc) is 2.84. The summed E-state index contributed by atoms with van der Waals surface area (Å²) >= 11 is 0. The molecule has 1 aromatic heterocycles. The first-order chi connectivity index (χ1) is 9.47. The number of nitrogens with zero attached hydrogens (tertiary/aromatic N) is 2. The molecular formula is C13H18F3N3O. The molecule has 7 heteroatoms. The highest BCUT2D eigenvalue weighted by atomic mass is 19.4. The van der Waals surface area contributed by atoms with Crippen molar-refractivity contribution in [2.75, 3.05) is 6.61 Å². The highest BCUT2D eigenvalue weighted by Crippen LogP contribution is 2.34. The lowest BCUT2D eigenvalue weighted by atomic mass is 10.1. The fourth-order valence-electron chi connectivity index (χ4n) is 2.32. The molecule has 0 aromatic carbocycles. The van der Waals surface area contributed by atoms with E-state index in [1.807, 2.05) is 13.8 Å². The largest absolute Gasteiger partial charge is 0.433 e. The fourth-order valence-corrected chi connectivity index (χ4v) is 2.32. The Bertz CT molecular complexity index is 471. The van der Waals surface area contributed by atoms with Gasteiger partial charge in [0.25, 0.3) is 0 Å². The number of aromatic nitrogens is 2. The topological polar surface area (TPSA) is 47.0 Å². The van der Waals surface area contributed by atoms with Crippen molar-refractivity contribution in [2.24, 2.45) is 0 Å². The van der Waals surface area contributed by atoms with E-state index in [-0.39, 0.29) is 17.9 Å². The molecule has 1 N–H and O–H groups in total. The van der Waals surface area contributed by atoms with Crippen molar-refractivity contribution in [1.29, 1.82) is 0 Å². The summed E-state index contributed by atoms with van der Waals surface area (Å²) in [7, 11) is 0. The van der Waals surface area contributed by atoms with E-state index in [1.165, 1.54) is 0 Å². The molecule has 0 saturated heterocycles. The monoisotopic (exact) mass is 289 g/mol. The summed E-state index contributed by atoms with van der Waals surface area (Å²) in [5.74, 6) is 0.142. The Labute approximate surface area is 115 Å². The molecule has 4 nitrogen and oxygen atoms in total. The van der Waals surface area contributed by atoms with E-state index in [0.29, 0.717) is 25.3 Å².